The Morgan fingerprint density at radius 2 is 2.00 bits per heavy atom. The Kier molecular flexibility index (Phi) is 4.49. The molecular formula is C9H7ClF3NOS. The number of hydrogen-bond donors (Lipinski definition) is 1. The molecule has 1 aromatic rings. The zero-order chi connectivity index (χ0) is 12.2. The van der Waals surface area contributed by atoms with Gasteiger partial charge in [-0.3, -0.25) is 9.63 Å². The monoisotopic (exact) mass is 269 g/mol. The van der Waals surface area contributed by atoms with Gasteiger partial charge in [0.05, 0.1) is 11.3 Å². The normalized spacial score (nSPS) is 11.2. The van der Waals surface area contributed by atoms with Gasteiger partial charge >= 0.3 is 6.18 Å². The average molecular weight is 270 g/mol. The van der Waals surface area contributed by atoms with Crippen molar-refractivity contribution < 1.29 is 18.0 Å². The highest BCUT2D eigenvalue weighted by atomic mass is 35.5. The van der Waals surface area contributed by atoms with E-state index in [1.54, 1.807) is 0 Å². The summed E-state index contributed by atoms with van der Waals surface area (Å²) >= 11 is 5.80. The second kappa shape index (κ2) is 5.45. The lowest BCUT2D eigenvalue weighted by atomic mass is 10.2. The number of hydrogen-bond acceptors (Lipinski definition) is 2. The lowest BCUT2D eigenvalue weighted by Gasteiger charge is -2.11. The van der Waals surface area contributed by atoms with E-state index in [1.165, 1.54) is 18.2 Å². The Morgan fingerprint density at radius 1 is 1.38 bits per heavy atom. The topological polar surface area (TPSA) is 29.1 Å². The predicted octanol–water partition coefficient (Wildman–Crippen LogP) is 3.07. The highest BCUT2D eigenvalue weighted by Crippen LogP contribution is 2.36. The fourth-order valence-corrected chi connectivity index (χ4v) is 2.02. The first-order valence-corrected chi connectivity index (χ1v) is 5.50. The molecule has 0 bridgehead atoms. The Labute approximate surface area is 99.3 Å². The van der Waals surface area contributed by atoms with Crippen molar-refractivity contribution in [2.24, 2.45) is 0 Å². The van der Waals surface area contributed by atoms with Gasteiger partial charge in [-0.25, -0.2) is 0 Å². The van der Waals surface area contributed by atoms with Crippen molar-refractivity contribution in [2.75, 3.05) is 5.75 Å². The molecule has 0 unspecified atom stereocenters. The fraction of sp³-hybridized carbons (Fsp3) is 0.222. The van der Waals surface area contributed by atoms with Crippen molar-refractivity contribution in [1.29, 1.82) is 0 Å². The fourth-order valence-electron chi connectivity index (χ4n) is 0.997. The SMILES string of the molecule is O=C(CSc1ccccc1C(F)(F)F)NCl. The van der Waals surface area contributed by atoms with E-state index in [1.807, 2.05) is 4.84 Å². The summed E-state index contributed by atoms with van der Waals surface area (Å²) in [6, 6.07) is 5.07. The highest BCUT2D eigenvalue weighted by Gasteiger charge is 2.33. The van der Waals surface area contributed by atoms with Gasteiger partial charge in [-0.2, -0.15) is 13.2 Å². The summed E-state index contributed by atoms with van der Waals surface area (Å²) in [4.78, 5) is 12.6. The molecule has 0 aromatic heterocycles. The molecule has 0 fully saturated rings. The summed E-state index contributed by atoms with van der Waals surface area (Å²) in [5, 5.41) is 0. The van der Waals surface area contributed by atoms with E-state index in [0.717, 1.165) is 17.8 Å². The molecule has 0 aliphatic carbocycles. The van der Waals surface area contributed by atoms with Crippen LogP contribution in [0, 0.1) is 0 Å². The summed E-state index contributed by atoms with van der Waals surface area (Å²) < 4.78 is 37.5. The van der Waals surface area contributed by atoms with Crippen molar-refractivity contribution in [3.8, 4) is 0 Å². The zero-order valence-corrected chi connectivity index (χ0v) is 9.42. The number of amides is 1. The van der Waals surface area contributed by atoms with Crippen LogP contribution in [0.15, 0.2) is 29.2 Å². The molecule has 16 heavy (non-hydrogen) atoms. The van der Waals surface area contributed by atoms with Crippen molar-refractivity contribution in [2.45, 2.75) is 11.1 Å². The van der Waals surface area contributed by atoms with Crippen molar-refractivity contribution in [1.82, 2.24) is 4.84 Å². The van der Waals surface area contributed by atoms with Gasteiger partial charge in [-0.05, 0) is 12.1 Å². The van der Waals surface area contributed by atoms with Gasteiger partial charge < -0.3 is 0 Å². The van der Waals surface area contributed by atoms with Gasteiger partial charge in [0.15, 0.2) is 0 Å². The van der Waals surface area contributed by atoms with E-state index < -0.39 is 17.6 Å². The first-order chi connectivity index (χ1) is 7.45. The molecule has 0 saturated heterocycles. The molecule has 1 aromatic carbocycles. The van der Waals surface area contributed by atoms with Crippen LogP contribution in [0.4, 0.5) is 13.2 Å². The van der Waals surface area contributed by atoms with Gasteiger partial charge in [-0.1, -0.05) is 12.1 Å². The lowest BCUT2D eigenvalue weighted by Crippen LogP contribution is -2.15. The van der Waals surface area contributed by atoms with Crippen molar-refractivity contribution in [3.05, 3.63) is 29.8 Å². The molecule has 1 rings (SSSR count). The Hall–Kier alpha value is -0.880. The maximum Gasteiger partial charge on any atom is 0.417 e. The molecule has 0 heterocycles. The quantitative estimate of drug-likeness (QED) is 0.675. The van der Waals surface area contributed by atoms with Gasteiger partial charge in [0, 0.05) is 16.7 Å². The third-order valence-corrected chi connectivity index (χ3v) is 2.94. The Morgan fingerprint density at radius 3 is 2.56 bits per heavy atom. The number of thioether (sulfide) groups is 1. The van der Waals surface area contributed by atoms with Crippen LogP contribution in [0.2, 0.25) is 0 Å². The Balaban J connectivity index is 2.84. The number of carbonyl (C=O) groups is 1. The van der Waals surface area contributed by atoms with Crippen molar-refractivity contribution in [3.63, 3.8) is 0 Å². The highest BCUT2D eigenvalue weighted by molar-refractivity contribution is 8.00. The van der Waals surface area contributed by atoms with Crippen LogP contribution in [0.1, 0.15) is 5.56 Å². The van der Waals surface area contributed by atoms with E-state index in [-0.39, 0.29) is 10.6 Å². The third-order valence-electron chi connectivity index (χ3n) is 1.66. The molecule has 0 saturated carbocycles. The summed E-state index contributed by atoms with van der Waals surface area (Å²) in [6.45, 7) is 0. The molecule has 0 aliphatic rings. The number of halogens is 4. The van der Waals surface area contributed by atoms with Crippen LogP contribution in [-0.2, 0) is 11.0 Å². The van der Waals surface area contributed by atoms with Crippen molar-refractivity contribution >= 4 is 29.4 Å². The minimum absolute atomic E-state index is 0.00951. The predicted molar refractivity (Wildman–Crippen MR) is 56.2 cm³/mol. The number of carbonyl (C=O) groups excluding carboxylic acids is 1. The van der Waals surface area contributed by atoms with E-state index >= 15 is 0 Å². The molecule has 0 atom stereocenters. The van der Waals surface area contributed by atoms with Crippen LogP contribution in [0.3, 0.4) is 0 Å². The van der Waals surface area contributed by atoms with Crippen LogP contribution >= 0.6 is 23.5 Å². The largest absolute Gasteiger partial charge is 0.417 e. The van der Waals surface area contributed by atoms with E-state index in [2.05, 4.69) is 0 Å². The molecule has 2 nitrogen and oxygen atoms in total. The van der Waals surface area contributed by atoms with Crippen LogP contribution in [-0.4, -0.2) is 11.7 Å². The van der Waals surface area contributed by atoms with Gasteiger partial charge in [0.1, 0.15) is 0 Å². The second-order valence-corrected chi connectivity index (χ2v) is 4.01. The molecular weight excluding hydrogens is 263 g/mol. The third kappa shape index (κ3) is 3.61. The van der Waals surface area contributed by atoms with Gasteiger partial charge in [0.2, 0.25) is 5.91 Å². The number of nitrogens with one attached hydrogen (secondary N) is 1. The molecule has 1 N–H and O–H groups in total. The smallest absolute Gasteiger partial charge is 0.273 e. The molecule has 1 amide bonds. The van der Waals surface area contributed by atoms with Crippen LogP contribution in [0.25, 0.3) is 0 Å². The van der Waals surface area contributed by atoms with Gasteiger partial charge in [-0.15, -0.1) is 11.8 Å². The van der Waals surface area contributed by atoms with Gasteiger partial charge in [0.25, 0.3) is 0 Å². The maximum atomic E-state index is 12.5. The Bertz CT molecular complexity index is 383. The molecule has 7 heteroatoms. The second-order valence-electron chi connectivity index (χ2n) is 2.80. The standard InChI is InChI=1S/C9H7ClF3NOS/c10-14-8(15)5-16-7-4-2-1-3-6(7)9(11,12)13/h1-4H,5H2,(H,14,15). The molecule has 0 spiro atoms. The molecule has 0 aliphatic heterocycles. The molecule has 88 valence electrons. The zero-order valence-electron chi connectivity index (χ0n) is 7.84. The summed E-state index contributed by atoms with van der Waals surface area (Å²) in [7, 11) is 0. The average Bonchev–Trinajstić information content (AvgIpc) is 2.25. The summed E-state index contributed by atoms with van der Waals surface area (Å²) in [5.41, 5.74) is -0.748. The number of alkyl halides is 3. The maximum absolute atomic E-state index is 12.5. The first kappa shape index (κ1) is 13.2. The van der Waals surface area contributed by atoms with Crippen LogP contribution < -0.4 is 4.84 Å². The van der Waals surface area contributed by atoms with E-state index in [4.69, 9.17) is 11.8 Å². The minimum Gasteiger partial charge on any atom is -0.273 e. The minimum atomic E-state index is -4.42. The lowest BCUT2D eigenvalue weighted by molar-refractivity contribution is -0.139. The van der Waals surface area contributed by atoms with E-state index in [0.29, 0.717) is 0 Å². The number of rotatable bonds is 3. The number of benzene rings is 1. The van der Waals surface area contributed by atoms with Crippen LogP contribution in [0.5, 0.6) is 0 Å². The van der Waals surface area contributed by atoms with E-state index in [9.17, 15) is 18.0 Å². The summed E-state index contributed by atoms with van der Waals surface area (Å²) in [6.07, 6.45) is -4.42. The first-order valence-electron chi connectivity index (χ1n) is 4.13. The summed E-state index contributed by atoms with van der Waals surface area (Å²) in [5.74, 6) is -0.694. The molecule has 0 radical (unpaired) electrons.